The van der Waals surface area contributed by atoms with Gasteiger partial charge in [-0.25, -0.2) is 4.79 Å². The number of carbonyl (C=O) groups is 4. The molecule has 33 heavy (non-hydrogen) atoms. The third kappa shape index (κ3) is 4.28. The van der Waals surface area contributed by atoms with Gasteiger partial charge in [0.25, 0.3) is 5.91 Å². The van der Waals surface area contributed by atoms with Crippen LogP contribution in [0.15, 0.2) is 46.9 Å². The summed E-state index contributed by atoms with van der Waals surface area (Å²) in [5, 5.41) is 6.32. The summed E-state index contributed by atoms with van der Waals surface area (Å²) in [6.45, 7) is 6.96. The second-order valence-electron chi connectivity index (χ2n) is 9.22. The highest BCUT2D eigenvalue weighted by Gasteiger charge is 2.51. The Morgan fingerprint density at radius 2 is 1.88 bits per heavy atom. The van der Waals surface area contributed by atoms with E-state index in [2.05, 4.69) is 10.6 Å². The zero-order chi connectivity index (χ0) is 24.0. The number of ketones is 1. The number of fused-ring (bicyclic) bond motifs is 1. The van der Waals surface area contributed by atoms with E-state index in [1.807, 2.05) is 39.0 Å². The van der Waals surface area contributed by atoms with Crippen molar-refractivity contribution in [3.8, 4) is 0 Å². The molecule has 3 aromatic rings. The SMILES string of the molecule is CC(C)(C)C(=O)NCc1ccc(C(=O)CN2C(=O)N[C@@](C)(c3cc4ccccc4o3)C2=O)s1. The fourth-order valence-corrected chi connectivity index (χ4v) is 4.39. The Labute approximate surface area is 194 Å². The molecule has 1 aliphatic heterocycles. The Hall–Kier alpha value is -3.46. The normalized spacial score (nSPS) is 18.6. The average molecular weight is 468 g/mol. The third-order valence-electron chi connectivity index (χ3n) is 5.54. The van der Waals surface area contributed by atoms with Crippen molar-refractivity contribution in [2.75, 3.05) is 6.54 Å². The maximum Gasteiger partial charge on any atom is 0.325 e. The van der Waals surface area contributed by atoms with Gasteiger partial charge in [-0.15, -0.1) is 11.3 Å². The Balaban J connectivity index is 1.45. The lowest BCUT2D eigenvalue weighted by molar-refractivity contribution is -0.131. The zero-order valence-corrected chi connectivity index (χ0v) is 19.7. The van der Waals surface area contributed by atoms with Crippen molar-refractivity contribution in [3.63, 3.8) is 0 Å². The molecule has 0 bridgehead atoms. The van der Waals surface area contributed by atoms with Crippen LogP contribution in [0.2, 0.25) is 0 Å². The summed E-state index contributed by atoms with van der Waals surface area (Å²) in [6, 6.07) is 11.8. The number of carbonyl (C=O) groups excluding carboxylic acids is 4. The minimum atomic E-state index is -1.39. The molecule has 4 rings (SSSR count). The molecule has 0 radical (unpaired) electrons. The molecule has 8 nitrogen and oxygen atoms in total. The van der Waals surface area contributed by atoms with Gasteiger partial charge in [-0.3, -0.25) is 19.3 Å². The highest BCUT2D eigenvalue weighted by atomic mass is 32.1. The predicted molar refractivity (Wildman–Crippen MR) is 124 cm³/mol. The van der Waals surface area contributed by atoms with Crippen molar-refractivity contribution in [1.82, 2.24) is 15.5 Å². The largest absolute Gasteiger partial charge is 0.458 e. The molecule has 4 amide bonds. The standard InChI is InChI=1S/C24H25N3O5S/c1-23(2,3)20(29)25-12-15-9-10-18(33-15)16(28)13-27-21(30)24(4,26-22(27)31)19-11-14-7-5-6-8-17(14)32-19/h5-11H,12-13H2,1-4H3,(H,25,29)(H,26,31)/t24-/m0/s1. The van der Waals surface area contributed by atoms with E-state index in [1.54, 1.807) is 31.2 Å². The molecular weight excluding hydrogens is 442 g/mol. The van der Waals surface area contributed by atoms with Gasteiger partial charge in [-0.2, -0.15) is 0 Å². The van der Waals surface area contributed by atoms with Crippen LogP contribution < -0.4 is 10.6 Å². The lowest BCUT2D eigenvalue weighted by Crippen LogP contribution is -2.41. The Morgan fingerprint density at radius 1 is 1.15 bits per heavy atom. The molecule has 1 aliphatic rings. The van der Waals surface area contributed by atoms with Crippen molar-refractivity contribution in [2.24, 2.45) is 5.41 Å². The molecule has 2 N–H and O–H groups in total. The van der Waals surface area contributed by atoms with Crippen molar-refractivity contribution < 1.29 is 23.6 Å². The number of nitrogens with zero attached hydrogens (tertiary/aromatic N) is 1. The van der Waals surface area contributed by atoms with E-state index in [0.717, 1.165) is 15.2 Å². The molecule has 2 aromatic heterocycles. The van der Waals surface area contributed by atoms with Crippen LogP contribution in [-0.2, 0) is 21.7 Å². The number of para-hydroxylation sites is 1. The summed E-state index contributed by atoms with van der Waals surface area (Å²) in [4.78, 5) is 52.7. The minimum absolute atomic E-state index is 0.0898. The monoisotopic (exact) mass is 467 g/mol. The van der Waals surface area contributed by atoms with Crippen LogP contribution in [0.3, 0.4) is 0 Å². The van der Waals surface area contributed by atoms with Crippen LogP contribution in [0.4, 0.5) is 4.79 Å². The van der Waals surface area contributed by atoms with E-state index in [4.69, 9.17) is 4.42 Å². The molecule has 1 saturated heterocycles. The number of thiophene rings is 1. The first kappa shape index (κ1) is 22.7. The molecule has 1 aromatic carbocycles. The first-order valence-corrected chi connectivity index (χ1v) is 11.3. The number of Topliss-reactive ketones (excluding diaryl/α,β-unsaturated/α-hetero) is 1. The zero-order valence-electron chi connectivity index (χ0n) is 18.9. The molecule has 172 valence electrons. The third-order valence-corrected chi connectivity index (χ3v) is 6.66. The number of benzene rings is 1. The van der Waals surface area contributed by atoms with Gasteiger partial charge in [0, 0.05) is 15.7 Å². The van der Waals surface area contributed by atoms with Gasteiger partial charge < -0.3 is 15.1 Å². The van der Waals surface area contributed by atoms with Crippen LogP contribution in [0.5, 0.6) is 0 Å². The van der Waals surface area contributed by atoms with Crippen molar-refractivity contribution in [1.29, 1.82) is 0 Å². The van der Waals surface area contributed by atoms with E-state index in [1.165, 1.54) is 11.3 Å². The summed E-state index contributed by atoms with van der Waals surface area (Å²) in [5.74, 6) is -0.683. The molecule has 0 spiro atoms. The Morgan fingerprint density at radius 3 is 2.58 bits per heavy atom. The van der Waals surface area contributed by atoms with Gasteiger partial charge in [-0.05, 0) is 31.2 Å². The maximum atomic E-state index is 13.1. The van der Waals surface area contributed by atoms with E-state index in [0.29, 0.717) is 22.8 Å². The number of urea groups is 1. The molecular formula is C24H25N3O5S. The quantitative estimate of drug-likeness (QED) is 0.423. The molecule has 1 fully saturated rings. The number of furan rings is 1. The van der Waals surface area contributed by atoms with Gasteiger partial charge in [0.15, 0.2) is 11.3 Å². The van der Waals surface area contributed by atoms with E-state index >= 15 is 0 Å². The van der Waals surface area contributed by atoms with E-state index < -0.39 is 22.9 Å². The summed E-state index contributed by atoms with van der Waals surface area (Å²) in [6.07, 6.45) is 0. The van der Waals surface area contributed by atoms with E-state index in [-0.39, 0.29) is 18.2 Å². The molecule has 0 aliphatic carbocycles. The topological polar surface area (TPSA) is 109 Å². The summed E-state index contributed by atoms with van der Waals surface area (Å²) >= 11 is 1.23. The van der Waals surface area contributed by atoms with Crippen molar-refractivity contribution in [2.45, 2.75) is 39.8 Å². The van der Waals surface area contributed by atoms with Crippen LogP contribution in [-0.4, -0.2) is 35.1 Å². The van der Waals surface area contributed by atoms with Gasteiger partial charge >= 0.3 is 6.03 Å². The molecule has 1 atom stereocenters. The average Bonchev–Trinajstić information content (AvgIpc) is 3.45. The Bertz CT molecular complexity index is 1240. The fraction of sp³-hybridized carbons (Fsp3) is 0.333. The number of nitrogens with one attached hydrogen (secondary N) is 2. The van der Waals surface area contributed by atoms with Crippen LogP contribution in [0, 0.1) is 5.41 Å². The highest BCUT2D eigenvalue weighted by molar-refractivity contribution is 7.14. The highest BCUT2D eigenvalue weighted by Crippen LogP contribution is 2.33. The van der Waals surface area contributed by atoms with Crippen molar-refractivity contribution >= 4 is 45.9 Å². The lowest BCUT2D eigenvalue weighted by atomic mass is 9.96. The fourth-order valence-electron chi connectivity index (χ4n) is 3.51. The second kappa shape index (κ2) is 8.15. The van der Waals surface area contributed by atoms with Crippen LogP contribution in [0.25, 0.3) is 11.0 Å². The van der Waals surface area contributed by atoms with E-state index in [9.17, 15) is 19.2 Å². The minimum Gasteiger partial charge on any atom is -0.458 e. The second-order valence-corrected chi connectivity index (χ2v) is 10.4. The number of hydrogen-bond donors (Lipinski definition) is 2. The van der Waals surface area contributed by atoms with Gasteiger partial charge in [0.05, 0.1) is 18.0 Å². The smallest absolute Gasteiger partial charge is 0.325 e. The van der Waals surface area contributed by atoms with Crippen LogP contribution >= 0.6 is 11.3 Å². The predicted octanol–water partition coefficient (Wildman–Crippen LogP) is 3.81. The number of hydrogen-bond acceptors (Lipinski definition) is 6. The van der Waals surface area contributed by atoms with Gasteiger partial charge in [-0.1, -0.05) is 39.0 Å². The van der Waals surface area contributed by atoms with Gasteiger partial charge in [0.2, 0.25) is 5.91 Å². The number of amides is 4. The van der Waals surface area contributed by atoms with Crippen molar-refractivity contribution in [3.05, 3.63) is 58.0 Å². The molecule has 9 heteroatoms. The molecule has 0 unspecified atom stereocenters. The van der Waals surface area contributed by atoms with Gasteiger partial charge in [0.1, 0.15) is 11.3 Å². The molecule has 3 heterocycles. The summed E-state index contributed by atoms with van der Waals surface area (Å²) < 4.78 is 5.81. The summed E-state index contributed by atoms with van der Waals surface area (Å²) in [5.41, 5.74) is -1.30. The maximum absolute atomic E-state index is 13.1. The lowest BCUT2D eigenvalue weighted by Gasteiger charge is -2.18. The number of imide groups is 1. The summed E-state index contributed by atoms with van der Waals surface area (Å²) in [7, 11) is 0. The Kier molecular flexibility index (Phi) is 5.61. The van der Waals surface area contributed by atoms with Crippen LogP contribution in [0.1, 0.15) is 48.0 Å². The first-order valence-electron chi connectivity index (χ1n) is 10.5. The number of rotatable bonds is 6. The molecule has 0 saturated carbocycles. The first-order chi connectivity index (χ1) is 15.5.